The van der Waals surface area contributed by atoms with Gasteiger partial charge in [-0.3, -0.25) is 9.89 Å². The summed E-state index contributed by atoms with van der Waals surface area (Å²) in [6.45, 7) is 7.39. The zero-order chi connectivity index (χ0) is 19.1. The SMILES string of the molecule is CCc1nc(CNC(=NC)NC2CCN(C(C)c3ccccc3)CC2)cs1. The average molecular weight is 386 g/mol. The Bertz CT molecular complexity index is 719. The second-order valence-electron chi connectivity index (χ2n) is 7.05. The smallest absolute Gasteiger partial charge is 0.191 e. The van der Waals surface area contributed by atoms with Crippen LogP contribution in [0.15, 0.2) is 40.7 Å². The molecule has 6 heteroatoms. The Morgan fingerprint density at radius 3 is 2.67 bits per heavy atom. The first-order chi connectivity index (χ1) is 13.2. The highest BCUT2D eigenvalue weighted by Gasteiger charge is 2.24. The van der Waals surface area contributed by atoms with Gasteiger partial charge in [0.05, 0.1) is 17.2 Å². The van der Waals surface area contributed by atoms with Crippen molar-refractivity contribution in [2.75, 3.05) is 20.1 Å². The highest BCUT2D eigenvalue weighted by Crippen LogP contribution is 2.24. The number of benzene rings is 1. The second-order valence-corrected chi connectivity index (χ2v) is 8.00. The topological polar surface area (TPSA) is 52.6 Å². The van der Waals surface area contributed by atoms with Gasteiger partial charge in [0, 0.05) is 37.6 Å². The van der Waals surface area contributed by atoms with Crippen molar-refractivity contribution < 1.29 is 0 Å². The number of hydrogen-bond donors (Lipinski definition) is 2. The number of aromatic nitrogens is 1. The van der Waals surface area contributed by atoms with Crippen molar-refractivity contribution >= 4 is 17.3 Å². The van der Waals surface area contributed by atoms with Gasteiger partial charge in [0.1, 0.15) is 0 Å². The average Bonchev–Trinajstić information content (AvgIpc) is 3.20. The van der Waals surface area contributed by atoms with E-state index < -0.39 is 0 Å². The third-order valence-electron chi connectivity index (χ3n) is 5.26. The summed E-state index contributed by atoms with van der Waals surface area (Å²) in [5.41, 5.74) is 2.49. The lowest BCUT2D eigenvalue weighted by atomic mass is 10.0. The minimum Gasteiger partial charge on any atom is -0.354 e. The van der Waals surface area contributed by atoms with E-state index in [1.54, 1.807) is 11.3 Å². The van der Waals surface area contributed by atoms with Gasteiger partial charge in [-0.15, -0.1) is 11.3 Å². The van der Waals surface area contributed by atoms with Gasteiger partial charge in [-0.1, -0.05) is 37.3 Å². The number of piperidine rings is 1. The molecule has 27 heavy (non-hydrogen) atoms. The molecule has 2 aromatic rings. The molecule has 146 valence electrons. The van der Waals surface area contributed by atoms with Crippen molar-refractivity contribution in [1.29, 1.82) is 0 Å². The van der Waals surface area contributed by atoms with Gasteiger partial charge in [0.2, 0.25) is 0 Å². The van der Waals surface area contributed by atoms with Gasteiger partial charge in [-0.2, -0.15) is 0 Å². The minimum absolute atomic E-state index is 0.470. The number of aliphatic imine (C=N–C) groups is 1. The lowest BCUT2D eigenvalue weighted by Crippen LogP contribution is -2.48. The zero-order valence-electron chi connectivity index (χ0n) is 16.6. The molecule has 2 N–H and O–H groups in total. The van der Waals surface area contributed by atoms with Gasteiger partial charge in [0.25, 0.3) is 0 Å². The Kier molecular flexibility index (Phi) is 7.24. The Hall–Kier alpha value is -1.92. The maximum absolute atomic E-state index is 4.61. The molecule has 0 aliphatic carbocycles. The molecule has 1 saturated heterocycles. The third-order valence-corrected chi connectivity index (χ3v) is 6.30. The number of rotatable bonds is 6. The molecule has 1 aromatic carbocycles. The van der Waals surface area contributed by atoms with Gasteiger partial charge in [-0.25, -0.2) is 4.98 Å². The molecule has 1 unspecified atom stereocenters. The predicted molar refractivity (Wildman–Crippen MR) is 114 cm³/mol. The maximum atomic E-state index is 4.61. The van der Waals surface area contributed by atoms with Crippen molar-refractivity contribution in [3.63, 3.8) is 0 Å². The molecule has 0 radical (unpaired) electrons. The van der Waals surface area contributed by atoms with Gasteiger partial charge < -0.3 is 10.6 Å². The van der Waals surface area contributed by atoms with Crippen LogP contribution in [-0.4, -0.2) is 42.0 Å². The lowest BCUT2D eigenvalue weighted by Gasteiger charge is -2.37. The van der Waals surface area contributed by atoms with Crippen LogP contribution in [0.1, 0.15) is 49.0 Å². The quantitative estimate of drug-likeness (QED) is 0.589. The number of thiazole rings is 1. The molecule has 1 aromatic heterocycles. The van der Waals surface area contributed by atoms with Crippen LogP contribution < -0.4 is 10.6 Å². The number of aryl methyl sites for hydroxylation is 1. The highest BCUT2D eigenvalue weighted by molar-refractivity contribution is 7.09. The molecule has 0 spiro atoms. The molecular weight excluding hydrogens is 354 g/mol. The largest absolute Gasteiger partial charge is 0.354 e. The van der Waals surface area contributed by atoms with Crippen LogP contribution in [-0.2, 0) is 13.0 Å². The normalized spacial score (nSPS) is 17.7. The van der Waals surface area contributed by atoms with Crippen molar-refractivity contribution in [1.82, 2.24) is 20.5 Å². The van der Waals surface area contributed by atoms with Crippen LogP contribution in [0.3, 0.4) is 0 Å². The molecule has 0 bridgehead atoms. The van der Waals surface area contributed by atoms with E-state index in [2.05, 4.69) is 75.1 Å². The van der Waals surface area contributed by atoms with Gasteiger partial charge in [-0.05, 0) is 31.7 Å². The van der Waals surface area contributed by atoms with Gasteiger partial charge in [0.15, 0.2) is 5.96 Å². The van der Waals surface area contributed by atoms with Crippen molar-refractivity contribution in [3.05, 3.63) is 52.0 Å². The zero-order valence-corrected chi connectivity index (χ0v) is 17.4. The third kappa shape index (κ3) is 5.53. The summed E-state index contributed by atoms with van der Waals surface area (Å²) in [6.07, 6.45) is 3.26. The lowest BCUT2D eigenvalue weighted by molar-refractivity contribution is 0.158. The number of nitrogens with zero attached hydrogens (tertiary/aromatic N) is 3. The Morgan fingerprint density at radius 2 is 2.04 bits per heavy atom. The van der Waals surface area contributed by atoms with Crippen LogP contribution in [0.2, 0.25) is 0 Å². The van der Waals surface area contributed by atoms with E-state index >= 15 is 0 Å². The molecular formula is C21H31N5S. The van der Waals surface area contributed by atoms with E-state index in [1.165, 1.54) is 10.6 Å². The molecule has 2 heterocycles. The monoisotopic (exact) mass is 385 g/mol. The first-order valence-electron chi connectivity index (χ1n) is 9.89. The van der Waals surface area contributed by atoms with E-state index in [-0.39, 0.29) is 0 Å². The Balaban J connectivity index is 1.44. The number of hydrogen-bond acceptors (Lipinski definition) is 4. The molecule has 1 aliphatic rings. The standard InChI is InChI=1S/C21H31N5S/c1-4-20-24-19(15-27-20)14-23-21(22-3)25-18-10-12-26(13-11-18)16(2)17-8-6-5-7-9-17/h5-9,15-16,18H,4,10-14H2,1-3H3,(H2,22,23,25). The van der Waals surface area contributed by atoms with E-state index in [0.717, 1.165) is 50.6 Å². The van der Waals surface area contributed by atoms with Crippen LogP contribution in [0.4, 0.5) is 0 Å². The fraction of sp³-hybridized carbons (Fsp3) is 0.524. The summed E-state index contributed by atoms with van der Waals surface area (Å²) >= 11 is 1.73. The number of likely N-dealkylation sites (tertiary alicyclic amines) is 1. The summed E-state index contributed by atoms with van der Waals surface area (Å²) in [5.74, 6) is 0.871. The fourth-order valence-corrected chi connectivity index (χ4v) is 4.27. The van der Waals surface area contributed by atoms with Crippen LogP contribution >= 0.6 is 11.3 Å². The maximum Gasteiger partial charge on any atom is 0.191 e. The van der Waals surface area contributed by atoms with E-state index in [1.807, 2.05) is 7.05 Å². The van der Waals surface area contributed by atoms with Crippen molar-refractivity contribution in [3.8, 4) is 0 Å². The molecule has 0 saturated carbocycles. The molecule has 1 fully saturated rings. The van der Waals surface area contributed by atoms with Gasteiger partial charge >= 0.3 is 0 Å². The molecule has 1 aliphatic heterocycles. The summed E-state index contributed by atoms with van der Waals surface area (Å²) in [6, 6.07) is 11.7. The number of guanidine groups is 1. The first-order valence-corrected chi connectivity index (χ1v) is 10.8. The van der Waals surface area contributed by atoms with E-state index in [4.69, 9.17) is 0 Å². The summed E-state index contributed by atoms with van der Waals surface area (Å²) in [5, 5.41) is 10.3. The summed E-state index contributed by atoms with van der Waals surface area (Å²) in [4.78, 5) is 11.6. The van der Waals surface area contributed by atoms with Crippen LogP contribution in [0, 0.1) is 0 Å². The second kappa shape index (κ2) is 9.85. The molecule has 0 amide bonds. The van der Waals surface area contributed by atoms with E-state index in [9.17, 15) is 0 Å². The molecule has 1 atom stereocenters. The summed E-state index contributed by atoms with van der Waals surface area (Å²) in [7, 11) is 1.83. The predicted octanol–water partition coefficient (Wildman–Crippen LogP) is 3.60. The molecule has 3 rings (SSSR count). The Morgan fingerprint density at radius 1 is 1.30 bits per heavy atom. The van der Waals surface area contributed by atoms with Crippen molar-refractivity contribution in [2.45, 2.75) is 51.7 Å². The van der Waals surface area contributed by atoms with E-state index in [0.29, 0.717) is 12.1 Å². The fourth-order valence-electron chi connectivity index (χ4n) is 3.53. The molecule has 5 nitrogen and oxygen atoms in total. The summed E-state index contributed by atoms with van der Waals surface area (Å²) < 4.78 is 0. The van der Waals surface area contributed by atoms with Crippen LogP contribution in [0.5, 0.6) is 0 Å². The first kappa shape index (κ1) is 19.8. The highest BCUT2D eigenvalue weighted by atomic mass is 32.1. The minimum atomic E-state index is 0.470. The Labute approximate surface area is 166 Å². The van der Waals surface area contributed by atoms with Crippen LogP contribution in [0.25, 0.3) is 0 Å². The van der Waals surface area contributed by atoms with Crippen molar-refractivity contribution in [2.24, 2.45) is 4.99 Å². The number of nitrogens with one attached hydrogen (secondary N) is 2.